The first-order valence-electron chi connectivity index (χ1n) is 10.2. The highest BCUT2D eigenvalue weighted by atomic mass is 35.5. The lowest BCUT2D eigenvalue weighted by Gasteiger charge is -2.22. The Morgan fingerprint density at radius 3 is 2.32 bits per heavy atom. The first-order chi connectivity index (χ1) is 14.8. The summed E-state index contributed by atoms with van der Waals surface area (Å²) in [6, 6.07) is 17.8. The zero-order valence-electron chi connectivity index (χ0n) is 17.9. The maximum atomic E-state index is 6.12. The van der Waals surface area contributed by atoms with Crippen LogP contribution in [0.1, 0.15) is 26.5 Å². The minimum atomic E-state index is -0.157. The van der Waals surface area contributed by atoms with Gasteiger partial charge in [-0.15, -0.1) is 0 Å². The fourth-order valence-corrected chi connectivity index (χ4v) is 3.89. The third-order valence-electron chi connectivity index (χ3n) is 5.08. The van der Waals surface area contributed by atoms with Gasteiger partial charge in [0.05, 0.1) is 16.8 Å². The summed E-state index contributed by atoms with van der Waals surface area (Å²) in [7, 11) is 0. The molecule has 0 atom stereocenters. The molecule has 0 aliphatic carbocycles. The number of nitrogens with one attached hydrogen (secondary N) is 1. The molecular weight excluding hydrogens is 408 g/mol. The van der Waals surface area contributed by atoms with Crippen molar-refractivity contribution in [3.63, 3.8) is 0 Å². The van der Waals surface area contributed by atoms with E-state index in [4.69, 9.17) is 26.7 Å². The molecule has 0 aliphatic heterocycles. The van der Waals surface area contributed by atoms with Gasteiger partial charge in [-0.05, 0) is 52.0 Å². The van der Waals surface area contributed by atoms with Crippen LogP contribution >= 0.6 is 11.6 Å². The Labute approximate surface area is 185 Å². The number of nitrogens with zero attached hydrogens (tertiary/aromatic N) is 5. The van der Waals surface area contributed by atoms with Crippen LogP contribution in [0.2, 0.25) is 5.02 Å². The minimum Gasteiger partial charge on any atom is -0.365 e. The van der Waals surface area contributed by atoms with Crippen molar-refractivity contribution in [3.05, 3.63) is 71.6 Å². The van der Waals surface area contributed by atoms with Gasteiger partial charge in [-0.2, -0.15) is 5.10 Å². The highest BCUT2D eigenvalue weighted by Gasteiger charge is 2.23. The molecule has 3 aromatic heterocycles. The normalized spacial score (nSPS) is 12.0. The zero-order valence-corrected chi connectivity index (χ0v) is 18.6. The van der Waals surface area contributed by atoms with Gasteiger partial charge >= 0.3 is 0 Å². The number of anilines is 1. The first-order valence-corrected chi connectivity index (χ1v) is 10.6. The second-order valence-electron chi connectivity index (χ2n) is 8.66. The molecule has 31 heavy (non-hydrogen) atoms. The van der Waals surface area contributed by atoms with Gasteiger partial charge in [-0.1, -0.05) is 41.9 Å². The van der Waals surface area contributed by atoms with E-state index in [0.29, 0.717) is 5.02 Å². The molecular formula is C24H23ClN6. The lowest BCUT2D eigenvalue weighted by atomic mass is 10.1. The third kappa shape index (κ3) is 3.43. The van der Waals surface area contributed by atoms with Crippen molar-refractivity contribution in [1.82, 2.24) is 24.1 Å². The number of aromatic nitrogens is 5. The maximum absolute atomic E-state index is 6.12. The van der Waals surface area contributed by atoms with Gasteiger partial charge in [0, 0.05) is 16.1 Å². The number of halogens is 1. The number of aryl methyl sites for hydroxylation is 1. The van der Waals surface area contributed by atoms with Crippen molar-refractivity contribution in [2.24, 2.45) is 0 Å². The molecule has 1 N–H and O–H groups in total. The number of para-hydroxylation sites is 1. The number of fused-ring (bicyclic) bond motifs is 3. The second-order valence-corrected chi connectivity index (χ2v) is 9.10. The van der Waals surface area contributed by atoms with E-state index in [9.17, 15) is 0 Å². The van der Waals surface area contributed by atoms with Gasteiger partial charge in [0.1, 0.15) is 17.8 Å². The summed E-state index contributed by atoms with van der Waals surface area (Å²) in [5, 5.41) is 10.0. The second kappa shape index (κ2) is 7.10. The molecule has 0 aliphatic rings. The largest absolute Gasteiger partial charge is 0.365 e. The summed E-state index contributed by atoms with van der Waals surface area (Å²) in [5.41, 5.74) is 5.14. The molecule has 0 saturated carbocycles. The molecule has 0 radical (unpaired) electrons. The number of rotatable bonds is 3. The first kappa shape index (κ1) is 19.6. The molecule has 0 fully saturated rings. The summed E-state index contributed by atoms with van der Waals surface area (Å²) < 4.78 is 3.89. The summed E-state index contributed by atoms with van der Waals surface area (Å²) in [5.74, 6) is 0.895. The Morgan fingerprint density at radius 2 is 1.65 bits per heavy atom. The molecule has 0 bridgehead atoms. The Bertz CT molecular complexity index is 1390. The Kier molecular flexibility index (Phi) is 4.48. The predicted octanol–water partition coefficient (Wildman–Crippen LogP) is 5.91. The highest BCUT2D eigenvalue weighted by molar-refractivity contribution is 6.30. The van der Waals surface area contributed by atoms with Crippen LogP contribution in [0.15, 0.2) is 60.9 Å². The van der Waals surface area contributed by atoms with Crippen LogP contribution in [0.4, 0.5) is 5.82 Å². The Balaban J connectivity index is 1.81. The van der Waals surface area contributed by atoms with E-state index in [-0.39, 0.29) is 5.54 Å². The van der Waals surface area contributed by atoms with Crippen LogP contribution in [-0.4, -0.2) is 29.7 Å². The summed E-state index contributed by atoms with van der Waals surface area (Å²) in [6.07, 6.45) is 1.82. The molecule has 0 spiro atoms. The molecule has 3 heterocycles. The fourth-order valence-electron chi connectivity index (χ4n) is 3.76. The lowest BCUT2D eigenvalue weighted by Crippen LogP contribution is -2.27. The molecule has 5 aromatic rings. The van der Waals surface area contributed by atoms with Crippen LogP contribution in [0.25, 0.3) is 33.6 Å². The number of benzene rings is 2. The van der Waals surface area contributed by atoms with Crippen molar-refractivity contribution in [2.75, 3.05) is 5.32 Å². The molecule has 2 aromatic carbocycles. The molecule has 7 heteroatoms. The summed E-state index contributed by atoms with van der Waals surface area (Å²) in [6.45, 7) is 8.38. The standard InChI is InChI=1S/C24H23ClN6/c1-15-19-21(31(29-15)18-8-6-5-7-9-18)26-14-30-22(19)27-20(23(30)28-24(2,3)4)16-10-12-17(25)13-11-16/h5-14,28H,1-4H3. The van der Waals surface area contributed by atoms with Gasteiger partial charge < -0.3 is 5.32 Å². The minimum absolute atomic E-state index is 0.157. The van der Waals surface area contributed by atoms with Crippen molar-refractivity contribution >= 4 is 34.1 Å². The van der Waals surface area contributed by atoms with Crippen LogP contribution < -0.4 is 5.32 Å². The van der Waals surface area contributed by atoms with Crippen molar-refractivity contribution in [3.8, 4) is 16.9 Å². The number of hydrogen-bond acceptors (Lipinski definition) is 4. The van der Waals surface area contributed by atoms with Gasteiger partial charge in [0.25, 0.3) is 0 Å². The Hall–Kier alpha value is -3.38. The van der Waals surface area contributed by atoms with Gasteiger partial charge in [-0.25, -0.2) is 14.6 Å². The topological polar surface area (TPSA) is 60.0 Å². The summed E-state index contributed by atoms with van der Waals surface area (Å²) in [4.78, 5) is 9.84. The molecule has 0 unspecified atom stereocenters. The quantitative estimate of drug-likeness (QED) is 0.386. The fraction of sp³-hybridized carbons (Fsp3) is 0.208. The van der Waals surface area contributed by atoms with Crippen molar-refractivity contribution < 1.29 is 0 Å². The monoisotopic (exact) mass is 430 g/mol. The average Bonchev–Trinajstić information content (AvgIpc) is 3.26. The summed E-state index contributed by atoms with van der Waals surface area (Å²) >= 11 is 6.12. The van der Waals surface area contributed by atoms with E-state index >= 15 is 0 Å². The zero-order chi connectivity index (χ0) is 21.8. The Morgan fingerprint density at radius 1 is 0.935 bits per heavy atom. The van der Waals surface area contributed by atoms with E-state index < -0.39 is 0 Å². The van der Waals surface area contributed by atoms with Crippen molar-refractivity contribution in [1.29, 1.82) is 0 Å². The van der Waals surface area contributed by atoms with E-state index in [2.05, 4.69) is 26.1 Å². The smallest absolute Gasteiger partial charge is 0.168 e. The lowest BCUT2D eigenvalue weighted by molar-refractivity contribution is 0.629. The van der Waals surface area contributed by atoms with E-state index in [1.165, 1.54) is 0 Å². The van der Waals surface area contributed by atoms with Crippen molar-refractivity contribution in [2.45, 2.75) is 33.2 Å². The molecule has 5 rings (SSSR count). The van der Waals surface area contributed by atoms with E-state index in [1.807, 2.05) is 76.9 Å². The molecule has 6 nitrogen and oxygen atoms in total. The average molecular weight is 431 g/mol. The predicted molar refractivity (Wildman–Crippen MR) is 126 cm³/mol. The van der Waals surface area contributed by atoms with Crippen LogP contribution in [0.3, 0.4) is 0 Å². The molecule has 156 valence electrons. The number of imidazole rings is 1. The maximum Gasteiger partial charge on any atom is 0.168 e. The van der Waals surface area contributed by atoms with E-state index in [0.717, 1.165) is 45.1 Å². The van der Waals surface area contributed by atoms with Crippen LogP contribution in [0, 0.1) is 6.92 Å². The molecule has 0 amide bonds. The highest BCUT2D eigenvalue weighted by Crippen LogP contribution is 2.34. The molecule has 0 saturated heterocycles. The SMILES string of the molecule is Cc1nn(-c2ccccc2)c2ncn3c(NC(C)(C)C)c(-c4ccc(Cl)cc4)nc3c12. The van der Waals surface area contributed by atoms with Gasteiger partial charge in [0.2, 0.25) is 0 Å². The third-order valence-corrected chi connectivity index (χ3v) is 5.33. The van der Waals surface area contributed by atoms with Crippen LogP contribution in [0.5, 0.6) is 0 Å². The van der Waals surface area contributed by atoms with E-state index in [1.54, 1.807) is 0 Å². The van der Waals surface area contributed by atoms with Crippen LogP contribution in [-0.2, 0) is 0 Å². The van der Waals surface area contributed by atoms with Gasteiger partial charge in [-0.3, -0.25) is 4.40 Å². The number of hydrogen-bond donors (Lipinski definition) is 1. The van der Waals surface area contributed by atoms with Gasteiger partial charge in [0.15, 0.2) is 11.3 Å².